The van der Waals surface area contributed by atoms with Crippen molar-refractivity contribution in [1.82, 2.24) is 9.55 Å². The summed E-state index contributed by atoms with van der Waals surface area (Å²) in [5, 5.41) is 5.15. The minimum absolute atomic E-state index is 0.128. The number of allylic oxidation sites excluding steroid dienone is 6. The molecular formula is C26H23F3N4O3. The van der Waals surface area contributed by atoms with E-state index in [0.717, 1.165) is 12.1 Å². The number of rotatable bonds is 7. The lowest BCUT2D eigenvalue weighted by molar-refractivity contribution is -0.141. The molecule has 1 aromatic carbocycles. The lowest BCUT2D eigenvalue weighted by atomic mass is 10.1. The third kappa shape index (κ3) is 5.48. The van der Waals surface area contributed by atoms with Crippen LogP contribution in [0.2, 0.25) is 0 Å². The molecule has 3 aromatic rings. The maximum atomic E-state index is 14.1. The van der Waals surface area contributed by atoms with Crippen LogP contribution < -0.4 is 16.1 Å². The minimum atomic E-state index is -4.84. The van der Waals surface area contributed by atoms with E-state index in [1.807, 2.05) is 18.2 Å². The monoisotopic (exact) mass is 496 g/mol. The summed E-state index contributed by atoms with van der Waals surface area (Å²) < 4.78 is 48.7. The number of hydrogen-bond acceptors (Lipinski definition) is 6. The molecule has 0 saturated heterocycles. The highest BCUT2D eigenvalue weighted by Gasteiger charge is 2.36. The number of halogens is 3. The number of hydrogen-bond donors (Lipinski definition) is 2. The highest BCUT2D eigenvalue weighted by molar-refractivity contribution is 5.88. The molecule has 1 aliphatic rings. The van der Waals surface area contributed by atoms with E-state index in [-0.39, 0.29) is 30.4 Å². The molecule has 0 fully saturated rings. The number of pyridine rings is 2. The zero-order valence-corrected chi connectivity index (χ0v) is 19.3. The fourth-order valence-electron chi connectivity index (χ4n) is 3.78. The molecule has 0 bridgehead atoms. The van der Waals surface area contributed by atoms with Gasteiger partial charge in [-0.1, -0.05) is 42.5 Å². The molecule has 186 valence electrons. The molecule has 2 heterocycles. The van der Waals surface area contributed by atoms with Crippen molar-refractivity contribution in [2.45, 2.75) is 19.5 Å². The Labute approximate surface area is 204 Å². The van der Waals surface area contributed by atoms with Crippen molar-refractivity contribution in [3.05, 3.63) is 88.6 Å². The van der Waals surface area contributed by atoms with Gasteiger partial charge >= 0.3 is 12.1 Å². The SMILES string of the molecule is CCOC(=O)CNc1cc(C(F)(F)F)c2c(=O)cc(Nc3ccccc3)n(C3=CC=CC=CC3)c2n1. The number of ether oxygens (including phenoxy) is 1. The van der Waals surface area contributed by atoms with E-state index in [1.165, 1.54) is 4.57 Å². The zero-order chi connectivity index (χ0) is 25.7. The van der Waals surface area contributed by atoms with Gasteiger partial charge in [0.25, 0.3) is 0 Å². The van der Waals surface area contributed by atoms with Crippen molar-refractivity contribution in [2.75, 3.05) is 23.8 Å². The smallest absolute Gasteiger partial charge is 0.417 e. The average molecular weight is 496 g/mol. The normalized spacial score (nSPS) is 13.3. The van der Waals surface area contributed by atoms with Crippen molar-refractivity contribution in [3.8, 4) is 0 Å². The van der Waals surface area contributed by atoms with Gasteiger partial charge in [0.1, 0.15) is 18.2 Å². The molecule has 2 N–H and O–H groups in total. The predicted octanol–water partition coefficient (Wildman–Crippen LogP) is 5.49. The quantitative estimate of drug-likeness (QED) is 0.421. The van der Waals surface area contributed by atoms with E-state index in [2.05, 4.69) is 15.6 Å². The van der Waals surface area contributed by atoms with Crippen LogP contribution in [-0.2, 0) is 15.7 Å². The van der Waals surface area contributed by atoms with Crippen LogP contribution in [-0.4, -0.2) is 28.7 Å². The van der Waals surface area contributed by atoms with E-state index in [4.69, 9.17) is 4.74 Å². The molecule has 0 saturated carbocycles. The van der Waals surface area contributed by atoms with Crippen LogP contribution in [0.5, 0.6) is 0 Å². The van der Waals surface area contributed by atoms with E-state index in [0.29, 0.717) is 17.8 Å². The Morgan fingerprint density at radius 2 is 1.92 bits per heavy atom. The molecule has 0 aliphatic heterocycles. The van der Waals surface area contributed by atoms with Gasteiger partial charge in [-0.25, -0.2) is 4.98 Å². The van der Waals surface area contributed by atoms with Gasteiger partial charge in [-0.05, 0) is 31.2 Å². The highest BCUT2D eigenvalue weighted by Crippen LogP contribution is 2.36. The Hall–Kier alpha value is -4.34. The average Bonchev–Trinajstić information content (AvgIpc) is 3.12. The number of benzene rings is 1. The standard InChI is InChI=1S/C26H23F3N4O3/c1-2-36-23(35)16-30-21-14-19(26(27,28)29)24-20(34)15-22(31-17-10-6-5-7-11-17)33(25(24)32-21)18-12-8-3-4-9-13-18/h3-12,14-15,31H,2,13,16H2,1H3,(H,30,32). The third-order valence-electron chi connectivity index (χ3n) is 5.30. The van der Waals surface area contributed by atoms with Crippen molar-refractivity contribution < 1.29 is 22.7 Å². The number of anilines is 3. The number of carbonyl (C=O) groups excluding carboxylic acids is 1. The van der Waals surface area contributed by atoms with Gasteiger partial charge in [-0.2, -0.15) is 13.2 Å². The predicted molar refractivity (Wildman–Crippen MR) is 133 cm³/mol. The summed E-state index contributed by atoms with van der Waals surface area (Å²) in [6, 6.07) is 10.8. The number of nitrogens with zero attached hydrogens (tertiary/aromatic N) is 2. The first kappa shape index (κ1) is 24.8. The molecule has 7 nitrogen and oxygen atoms in total. The van der Waals surface area contributed by atoms with Gasteiger partial charge in [-0.15, -0.1) is 0 Å². The Kier molecular flexibility index (Phi) is 7.23. The Balaban J connectivity index is 1.99. The zero-order valence-electron chi connectivity index (χ0n) is 19.3. The molecule has 0 spiro atoms. The molecule has 36 heavy (non-hydrogen) atoms. The summed E-state index contributed by atoms with van der Waals surface area (Å²) in [4.78, 5) is 29.3. The molecule has 2 aromatic heterocycles. The number of nitrogens with one attached hydrogen (secondary N) is 2. The summed E-state index contributed by atoms with van der Waals surface area (Å²) in [5.74, 6) is -0.614. The minimum Gasteiger partial charge on any atom is -0.465 e. The molecule has 0 atom stereocenters. The van der Waals surface area contributed by atoms with Gasteiger partial charge < -0.3 is 15.4 Å². The van der Waals surface area contributed by atoms with Crippen LogP contribution in [0.15, 0.2) is 77.6 Å². The maximum Gasteiger partial charge on any atom is 0.417 e. The molecule has 0 amide bonds. The van der Waals surface area contributed by atoms with Crippen molar-refractivity contribution in [1.29, 1.82) is 0 Å². The first-order valence-electron chi connectivity index (χ1n) is 11.2. The Morgan fingerprint density at radius 1 is 1.14 bits per heavy atom. The third-order valence-corrected chi connectivity index (χ3v) is 5.30. The molecule has 0 radical (unpaired) electrons. The van der Waals surface area contributed by atoms with E-state index < -0.39 is 28.5 Å². The largest absolute Gasteiger partial charge is 0.465 e. The van der Waals surface area contributed by atoms with Crippen LogP contribution in [0.3, 0.4) is 0 Å². The van der Waals surface area contributed by atoms with Gasteiger partial charge in [-0.3, -0.25) is 14.2 Å². The summed E-state index contributed by atoms with van der Waals surface area (Å²) in [6.07, 6.45) is 4.49. The second-order valence-electron chi connectivity index (χ2n) is 7.81. The van der Waals surface area contributed by atoms with Crippen LogP contribution in [0.25, 0.3) is 16.7 Å². The topological polar surface area (TPSA) is 85.2 Å². The first-order chi connectivity index (χ1) is 17.3. The summed E-state index contributed by atoms with van der Waals surface area (Å²) in [7, 11) is 0. The highest BCUT2D eigenvalue weighted by atomic mass is 19.4. The van der Waals surface area contributed by atoms with Crippen LogP contribution in [0, 0.1) is 0 Å². The molecule has 4 rings (SSSR count). The molecule has 0 unspecified atom stereocenters. The number of para-hydroxylation sites is 1. The van der Waals surface area contributed by atoms with E-state index in [1.54, 1.807) is 49.4 Å². The van der Waals surface area contributed by atoms with Crippen LogP contribution in [0.1, 0.15) is 18.9 Å². The number of carbonyl (C=O) groups is 1. The number of esters is 1. The van der Waals surface area contributed by atoms with Crippen LogP contribution in [0.4, 0.5) is 30.5 Å². The Bertz CT molecular complexity index is 1420. The fourth-order valence-corrected chi connectivity index (χ4v) is 3.78. The van der Waals surface area contributed by atoms with E-state index >= 15 is 0 Å². The van der Waals surface area contributed by atoms with Crippen molar-refractivity contribution in [2.24, 2.45) is 0 Å². The van der Waals surface area contributed by atoms with Crippen LogP contribution >= 0.6 is 0 Å². The lowest BCUT2D eigenvalue weighted by Crippen LogP contribution is -2.21. The van der Waals surface area contributed by atoms with Gasteiger partial charge in [0.2, 0.25) is 0 Å². The fraction of sp³-hybridized carbons (Fsp3) is 0.192. The second-order valence-corrected chi connectivity index (χ2v) is 7.81. The van der Waals surface area contributed by atoms with Crippen molar-refractivity contribution >= 4 is 40.0 Å². The van der Waals surface area contributed by atoms with E-state index in [9.17, 15) is 22.8 Å². The molecule has 1 aliphatic carbocycles. The maximum absolute atomic E-state index is 14.1. The van der Waals surface area contributed by atoms with Gasteiger partial charge in [0, 0.05) is 23.9 Å². The lowest BCUT2D eigenvalue weighted by Gasteiger charge is -2.21. The molecular weight excluding hydrogens is 473 g/mol. The first-order valence-corrected chi connectivity index (χ1v) is 11.2. The second kappa shape index (κ2) is 10.5. The Morgan fingerprint density at radius 3 is 2.64 bits per heavy atom. The van der Waals surface area contributed by atoms with Gasteiger partial charge in [0.05, 0.1) is 17.6 Å². The number of fused-ring (bicyclic) bond motifs is 1. The number of alkyl halides is 3. The number of aromatic nitrogens is 2. The van der Waals surface area contributed by atoms with Gasteiger partial charge in [0.15, 0.2) is 11.1 Å². The summed E-state index contributed by atoms with van der Waals surface area (Å²) in [5.41, 5.74) is -0.956. The summed E-state index contributed by atoms with van der Waals surface area (Å²) >= 11 is 0. The summed E-state index contributed by atoms with van der Waals surface area (Å²) in [6.45, 7) is 1.37. The van der Waals surface area contributed by atoms with Crippen molar-refractivity contribution in [3.63, 3.8) is 0 Å². The molecule has 10 heteroatoms.